The van der Waals surface area contributed by atoms with Crippen LogP contribution in [0.5, 0.6) is 0 Å². The number of nitrogens with one attached hydrogen (secondary N) is 1. The lowest BCUT2D eigenvalue weighted by Gasteiger charge is -2.27. The molecule has 1 aliphatic heterocycles. The summed E-state index contributed by atoms with van der Waals surface area (Å²) in [5.41, 5.74) is 3.56. The van der Waals surface area contributed by atoms with Crippen LogP contribution in [0.1, 0.15) is 48.0 Å². The quantitative estimate of drug-likeness (QED) is 0.442. The molecule has 4 nitrogen and oxygen atoms in total. The van der Waals surface area contributed by atoms with Crippen molar-refractivity contribution in [3.8, 4) is 0 Å². The lowest BCUT2D eigenvalue weighted by Crippen LogP contribution is -2.31. The fourth-order valence-corrected chi connectivity index (χ4v) is 5.11. The molecule has 0 fully saturated rings. The number of benzene rings is 2. The summed E-state index contributed by atoms with van der Waals surface area (Å²) in [6.45, 7) is 0.635. The van der Waals surface area contributed by atoms with E-state index >= 15 is 0 Å². The van der Waals surface area contributed by atoms with Crippen molar-refractivity contribution < 1.29 is 9.59 Å². The average Bonchev–Trinajstić information content (AvgIpc) is 2.79. The topological polar surface area (TPSA) is 49.4 Å². The first kappa shape index (κ1) is 21.7. The number of halogens is 1. The number of anilines is 1. The number of hydrogen-bond acceptors (Lipinski definition) is 3. The van der Waals surface area contributed by atoms with E-state index in [0.29, 0.717) is 22.0 Å². The molecule has 2 aromatic rings. The Hall–Kier alpha value is -2.50. The molecule has 0 unspecified atom stereocenters. The van der Waals surface area contributed by atoms with Crippen molar-refractivity contribution in [2.75, 3.05) is 18.5 Å². The van der Waals surface area contributed by atoms with Crippen molar-refractivity contribution in [1.29, 1.82) is 0 Å². The van der Waals surface area contributed by atoms with Crippen molar-refractivity contribution in [2.45, 2.75) is 37.0 Å². The Morgan fingerprint density at radius 3 is 2.84 bits per heavy atom. The van der Waals surface area contributed by atoms with Gasteiger partial charge in [0, 0.05) is 29.1 Å². The van der Waals surface area contributed by atoms with Crippen LogP contribution in [0.3, 0.4) is 0 Å². The van der Waals surface area contributed by atoms with Gasteiger partial charge >= 0.3 is 0 Å². The first-order valence-corrected chi connectivity index (χ1v) is 11.7. The Labute approximate surface area is 192 Å². The third-order valence-electron chi connectivity index (χ3n) is 5.63. The van der Waals surface area contributed by atoms with E-state index in [4.69, 9.17) is 11.6 Å². The summed E-state index contributed by atoms with van der Waals surface area (Å²) in [7, 11) is 1.73. The Morgan fingerprint density at radius 1 is 1.23 bits per heavy atom. The first-order chi connectivity index (χ1) is 15.0. The number of carbonyl (C=O) groups excluding carboxylic acids is 2. The van der Waals surface area contributed by atoms with Crippen LogP contribution in [0.2, 0.25) is 5.02 Å². The third kappa shape index (κ3) is 5.05. The Morgan fingerprint density at radius 2 is 2.06 bits per heavy atom. The third-order valence-corrected chi connectivity index (χ3v) is 7.05. The molecule has 1 heterocycles. The minimum absolute atomic E-state index is 0.109. The summed E-state index contributed by atoms with van der Waals surface area (Å²) >= 11 is 7.65. The molecule has 0 saturated heterocycles. The second-order valence-corrected chi connectivity index (χ2v) is 9.28. The molecule has 6 heteroatoms. The minimum Gasteiger partial charge on any atom is -0.352 e. The van der Waals surface area contributed by atoms with E-state index in [1.165, 1.54) is 30.2 Å². The van der Waals surface area contributed by atoms with Crippen molar-refractivity contribution >= 4 is 46.9 Å². The van der Waals surface area contributed by atoms with Crippen LogP contribution in [-0.2, 0) is 4.79 Å². The lowest BCUT2D eigenvalue weighted by atomic mass is 9.97. The Kier molecular flexibility index (Phi) is 6.83. The maximum atomic E-state index is 12.9. The van der Waals surface area contributed by atoms with E-state index in [9.17, 15) is 9.59 Å². The summed E-state index contributed by atoms with van der Waals surface area (Å²) in [4.78, 5) is 28.7. The zero-order valence-corrected chi connectivity index (χ0v) is 19.1. The number of thioether (sulfide) groups is 1. The maximum absolute atomic E-state index is 12.9. The van der Waals surface area contributed by atoms with E-state index in [-0.39, 0.29) is 11.8 Å². The van der Waals surface area contributed by atoms with E-state index in [2.05, 4.69) is 11.4 Å². The van der Waals surface area contributed by atoms with Crippen LogP contribution < -0.4 is 10.2 Å². The summed E-state index contributed by atoms with van der Waals surface area (Å²) in [5, 5.41) is 3.62. The second-order valence-electron chi connectivity index (χ2n) is 7.79. The van der Waals surface area contributed by atoms with Crippen LogP contribution >= 0.6 is 23.4 Å². The van der Waals surface area contributed by atoms with Crippen molar-refractivity contribution in [2.24, 2.45) is 0 Å². The molecule has 1 N–H and O–H groups in total. The predicted octanol–water partition coefficient (Wildman–Crippen LogP) is 6.07. The van der Waals surface area contributed by atoms with Gasteiger partial charge in [-0.15, -0.1) is 0 Å². The van der Waals surface area contributed by atoms with Gasteiger partial charge in [0.1, 0.15) is 0 Å². The number of fused-ring (bicyclic) bond motifs is 1. The van der Waals surface area contributed by atoms with Crippen LogP contribution in [0.4, 0.5) is 5.69 Å². The van der Waals surface area contributed by atoms with Crippen molar-refractivity contribution in [3.63, 3.8) is 0 Å². The van der Waals surface area contributed by atoms with Gasteiger partial charge in [0.05, 0.1) is 10.6 Å². The highest BCUT2D eigenvalue weighted by Gasteiger charge is 2.27. The molecule has 2 amide bonds. The highest BCUT2D eigenvalue weighted by Crippen LogP contribution is 2.42. The number of amides is 2. The molecule has 0 radical (unpaired) electrons. The molecule has 2 aromatic carbocycles. The van der Waals surface area contributed by atoms with Gasteiger partial charge in [0.2, 0.25) is 0 Å². The standard InChI is InChI=1S/C25H25ClN2O2S/c1-28-21-15-19(24(29)27-14-13-17-7-3-2-4-8-17)11-12-22(21)31-23(25(28)30)16-18-9-5-6-10-20(18)26/h5-7,9-12,15-16H,2-4,8,13-14H2,1H3,(H,27,29)/b23-16-. The van der Waals surface area contributed by atoms with Crippen LogP contribution in [0.25, 0.3) is 6.08 Å². The van der Waals surface area contributed by atoms with Crippen LogP contribution in [0, 0.1) is 0 Å². The molecule has 4 rings (SSSR count). The van der Waals surface area contributed by atoms with Crippen molar-refractivity contribution in [1.82, 2.24) is 5.32 Å². The number of nitrogens with zero attached hydrogens (tertiary/aromatic N) is 1. The molecule has 0 bridgehead atoms. The molecule has 31 heavy (non-hydrogen) atoms. The Bertz CT molecular complexity index is 1080. The smallest absolute Gasteiger partial charge is 0.264 e. The normalized spacial score (nSPS) is 17.4. The number of carbonyl (C=O) groups is 2. The van der Waals surface area contributed by atoms with Gasteiger partial charge in [0.25, 0.3) is 11.8 Å². The zero-order valence-electron chi connectivity index (χ0n) is 17.5. The largest absolute Gasteiger partial charge is 0.352 e. The van der Waals surface area contributed by atoms with Crippen LogP contribution in [-0.4, -0.2) is 25.4 Å². The highest BCUT2D eigenvalue weighted by molar-refractivity contribution is 8.04. The van der Waals surface area contributed by atoms with Gasteiger partial charge in [-0.1, -0.05) is 53.2 Å². The molecular formula is C25H25ClN2O2S. The minimum atomic E-state index is -0.112. The number of likely N-dealkylation sites (N-methyl/N-ethyl adjacent to an activating group) is 1. The monoisotopic (exact) mass is 452 g/mol. The maximum Gasteiger partial charge on any atom is 0.264 e. The fraction of sp³-hybridized carbons (Fsp3) is 0.280. The fourth-order valence-electron chi connectivity index (χ4n) is 3.84. The Balaban J connectivity index is 1.47. The molecular weight excluding hydrogens is 428 g/mol. The molecule has 0 spiro atoms. The van der Waals surface area contributed by atoms with Gasteiger partial charge in [-0.2, -0.15) is 0 Å². The number of allylic oxidation sites excluding steroid dienone is 1. The van der Waals surface area contributed by atoms with E-state index < -0.39 is 0 Å². The predicted molar refractivity (Wildman–Crippen MR) is 129 cm³/mol. The first-order valence-electron chi connectivity index (χ1n) is 10.6. The van der Waals surface area contributed by atoms with E-state index in [0.717, 1.165) is 35.4 Å². The van der Waals surface area contributed by atoms with Gasteiger partial charge in [0.15, 0.2) is 0 Å². The molecule has 2 aliphatic rings. The van der Waals surface area contributed by atoms with E-state index in [1.54, 1.807) is 24.1 Å². The molecule has 160 valence electrons. The summed E-state index contributed by atoms with van der Waals surface area (Å²) in [6.07, 6.45) is 9.83. The van der Waals surface area contributed by atoms with Crippen molar-refractivity contribution in [3.05, 3.63) is 75.2 Å². The van der Waals surface area contributed by atoms with E-state index in [1.807, 2.05) is 36.4 Å². The summed E-state index contributed by atoms with van der Waals surface area (Å²) < 4.78 is 0. The van der Waals surface area contributed by atoms with Gasteiger partial charge in [-0.25, -0.2) is 0 Å². The summed E-state index contributed by atoms with van der Waals surface area (Å²) in [6, 6.07) is 13.0. The lowest BCUT2D eigenvalue weighted by molar-refractivity contribution is -0.114. The second kappa shape index (κ2) is 9.75. The average molecular weight is 453 g/mol. The highest BCUT2D eigenvalue weighted by atomic mass is 35.5. The number of hydrogen-bond donors (Lipinski definition) is 1. The van der Waals surface area contributed by atoms with Crippen LogP contribution in [0.15, 0.2) is 63.9 Å². The molecule has 0 atom stereocenters. The zero-order chi connectivity index (χ0) is 21.8. The van der Waals surface area contributed by atoms with Gasteiger partial charge < -0.3 is 10.2 Å². The summed E-state index contributed by atoms with van der Waals surface area (Å²) in [5.74, 6) is -0.221. The number of rotatable bonds is 5. The van der Waals surface area contributed by atoms with Gasteiger partial charge in [-0.05, 0) is 68.0 Å². The molecule has 0 saturated carbocycles. The SMILES string of the molecule is CN1C(=O)/C(=C/c2ccccc2Cl)Sc2ccc(C(=O)NCCC3=CCCCC3)cc21. The molecule has 1 aliphatic carbocycles. The molecule has 0 aromatic heterocycles. The van der Waals surface area contributed by atoms with Gasteiger partial charge in [-0.3, -0.25) is 9.59 Å².